The second kappa shape index (κ2) is 6.31. The number of carbonyl (C=O) groups is 2. The van der Waals surface area contributed by atoms with Gasteiger partial charge in [0.25, 0.3) is 5.91 Å². The van der Waals surface area contributed by atoms with E-state index in [0.29, 0.717) is 18.6 Å². The summed E-state index contributed by atoms with van der Waals surface area (Å²) in [5.41, 5.74) is 3.00. The predicted octanol–water partition coefficient (Wildman–Crippen LogP) is 1.95. The van der Waals surface area contributed by atoms with E-state index in [1.807, 2.05) is 32.9 Å². The van der Waals surface area contributed by atoms with Gasteiger partial charge in [-0.2, -0.15) is 5.10 Å². The molecule has 0 saturated carbocycles. The molecule has 1 amide bonds. The number of rotatable bonds is 4. The average molecular weight is 264 g/mol. The normalized spacial score (nSPS) is 15.2. The van der Waals surface area contributed by atoms with Gasteiger partial charge in [0.15, 0.2) is 0 Å². The number of allylic oxidation sites excluding steroid dienone is 3. The Hall–Kier alpha value is -1.91. The summed E-state index contributed by atoms with van der Waals surface area (Å²) in [5, 5.41) is 3.74. The fourth-order valence-corrected chi connectivity index (χ4v) is 1.25. The Morgan fingerprint density at radius 2 is 2.11 bits per heavy atom. The summed E-state index contributed by atoms with van der Waals surface area (Å²) >= 11 is 0. The van der Waals surface area contributed by atoms with Crippen molar-refractivity contribution in [3.63, 3.8) is 0 Å². The SMILES string of the molecule is C/C(=N\NC(=O)C1=CC=CC1)C(=O)OCC(C)(C)C. The molecule has 19 heavy (non-hydrogen) atoms. The zero-order valence-electron chi connectivity index (χ0n) is 11.8. The van der Waals surface area contributed by atoms with Crippen molar-refractivity contribution in [2.24, 2.45) is 10.5 Å². The highest BCUT2D eigenvalue weighted by Gasteiger charge is 2.16. The van der Waals surface area contributed by atoms with Crippen LogP contribution in [0.5, 0.6) is 0 Å². The van der Waals surface area contributed by atoms with E-state index in [1.165, 1.54) is 6.92 Å². The molecule has 0 radical (unpaired) electrons. The molecule has 0 aromatic rings. The van der Waals surface area contributed by atoms with Crippen LogP contribution in [0, 0.1) is 5.41 Å². The quantitative estimate of drug-likeness (QED) is 0.479. The maximum absolute atomic E-state index is 11.6. The molecule has 0 heterocycles. The Morgan fingerprint density at radius 1 is 1.42 bits per heavy atom. The van der Waals surface area contributed by atoms with E-state index in [1.54, 1.807) is 6.08 Å². The Morgan fingerprint density at radius 3 is 2.63 bits per heavy atom. The van der Waals surface area contributed by atoms with Crippen LogP contribution in [-0.2, 0) is 14.3 Å². The van der Waals surface area contributed by atoms with Gasteiger partial charge in [0.1, 0.15) is 5.71 Å². The molecule has 1 aliphatic rings. The molecule has 0 saturated heterocycles. The molecule has 0 bridgehead atoms. The third-order valence-corrected chi connectivity index (χ3v) is 2.32. The molecule has 1 N–H and O–H groups in total. The van der Waals surface area contributed by atoms with E-state index in [9.17, 15) is 9.59 Å². The minimum absolute atomic E-state index is 0.0977. The largest absolute Gasteiger partial charge is 0.461 e. The lowest BCUT2D eigenvalue weighted by atomic mass is 9.99. The van der Waals surface area contributed by atoms with E-state index in [2.05, 4.69) is 10.5 Å². The van der Waals surface area contributed by atoms with Gasteiger partial charge in [0.2, 0.25) is 0 Å². The molecule has 1 aliphatic carbocycles. The van der Waals surface area contributed by atoms with Crippen molar-refractivity contribution in [1.82, 2.24) is 5.43 Å². The molecular weight excluding hydrogens is 244 g/mol. The summed E-state index contributed by atoms with van der Waals surface area (Å²) < 4.78 is 5.08. The van der Waals surface area contributed by atoms with Crippen molar-refractivity contribution in [2.75, 3.05) is 6.61 Å². The number of amides is 1. The molecule has 5 nitrogen and oxygen atoms in total. The molecule has 0 aliphatic heterocycles. The predicted molar refractivity (Wildman–Crippen MR) is 73.5 cm³/mol. The number of hydrogen-bond acceptors (Lipinski definition) is 4. The van der Waals surface area contributed by atoms with Crippen molar-refractivity contribution in [1.29, 1.82) is 0 Å². The molecule has 0 aromatic carbocycles. The van der Waals surface area contributed by atoms with Crippen LogP contribution in [-0.4, -0.2) is 24.2 Å². The average Bonchev–Trinajstić information content (AvgIpc) is 2.85. The standard InChI is InChI=1S/C14H20N2O3/c1-10(13(18)19-9-14(2,3)4)15-16-12(17)11-7-5-6-8-11/h5-7H,8-9H2,1-4H3,(H,16,17)/b15-10+. The van der Waals surface area contributed by atoms with Crippen molar-refractivity contribution >= 4 is 17.6 Å². The number of esters is 1. The summed E-state index contributed by atoms with van der Waals surface area (Å²) in [6.07, 6.45) is 6.00. The topological polar surface area (TPSA) is 67.8 Å². The van der Waals surface area contributed by atoms with Crippen molar-refractivity contribution < 1.29 is 14.3 Å². The third kappa shape index (κ3) is 5.50. The molecule has 0 spiro atoms. The smallest absolute Gasteiger partial charge is 0.354 e. The summed E-state index contributed by atoms with van der Waals surface area (Å²) in [4.78, 5) is 23.2. The summed E-state index contributed by atoms with van der Waals surface area (Å²) in [6.45, 7) is 7.71. The maximum Gasteiger partial charge on any atom is 0.354 e. The molecule has 1 rings (SSSR count). The van der Waals surface area contributed by atoms with Crippen LogP contribution in [0.3, 0.4) is 0 Å². The first-order chi connectivity index (χ1) is 8.79. The highest BCUT2D eigenvalue weighted by atomic mass is 16.5. The fourth-order valence-electron chi connectivity index (χ4n) is 1.25. The molecular formula is C14H20N2O3. The fraction of sp³-hybridized carbons (Fsp3) is 0.500. The van der Waals surface area contributed by atoms with Crippen molar-refractivity contribution in [2.45, 2.75) is 34.1 Å². The van der Waals surface area contributed by atoms with Gasteiger partial charge in [-0.3, -0.25) is 4.79 Å². The van der Waals surface area contributed by atoms with Crippen LogP contribution in [0.15, 0.2) is 28.9 Å². The highest BCUT2D eigenvalue weighted by Crippen LogP contribution is 2.13. The minimum atomic E-state index is -0.520. The molecule has 0 aromatic heterocycles. The van der Waals surface area contributed by atoms with E-state index >= 15 is 0 Å². The van der Waals surface area contributed by atoms with Crippen LogP contribution < -0.4 is 5.43 Å². The number of carbonyl (C=O) groups excluding carboxylic acids is 2. The lowest BCUT2D eigenvalue weighted by Gasteiger charge is -2.17. The number of nitrogens with zero attached hydrogens (tertiary/aromatic N) is 1. The van der Waals surface area contributed by atoms with E-state index < -0.39 is 5.97 Å². The van der Waals surface area contributed by atoms with Gasteiger partial charge in [-0.1, -0.05) is 39.0 Å². The van der Waals surface area contributed by atoms with E-state index in [0.717, 1.165) is 0 Å². The Labute approximate surface area is 113 Å². The lowest BCUT2D eigenvalue weighted by molar-refractivity contribution is -0.138. The monoisotopic (exact) mass is 264 g/mol. The summed E-state index contributed by atoms with van der Waals surface area (Å²) in [5.74, 6) is -0.818. The van der Waals surface area contributed by atoms with Crippen LogP contribution in [0.1, 0.15) is 34.1 Å². The Balaban J connectivity index is 2.43. The first-order valence-corrected chi connectivity index (χ1v) is 6.17. The number of hydrogen-bond donors (Lipinski definition) is 1. The molecule has 0 fully saturated rings. The maximum atomic E-state index is 11.6. The zero-order valence-corrected chi connectivity index (χ0v) is 11.8. The van der Waals surface area contributed by atoms with Crippen LogP contribution in [0.4, 0.5) is 0 Å². The highest BCUT2D eigenvalue weighted by molar-refractivity contribution is 6.35. The third-order valence-electron chi connectivity index (χ3n) is 2.32. The number of nitrogens with one attached hydrogen (secondary N) is 1. The Bertz CT molecular complexity index is 454. The molecule has 5 heteroatoms. The molecule has 0 unspecified atom stereocenters. The van der Waals surface area contributed by atoms with E-state index in [4.69, 9.17) is 4.74 Å². The first kappa shape index (κ1) is 15.1. The van der Waals surface area contributed by atoms with Gasteiger partial charge >= 0.3 is 5.97 Å². The van der Waals surface area contributed by atoms with Gasteiger partial charge in [-0.25, -0.2) is 10.2 Å². The zero-order chi connectivity index (χ0) is 14.5. The van der Waals surface area contributed by atoms with E-state index in [-0.39, 0.29) is 17.0 Å². The van der Waals surface area contributed by atoms with Crippen molar-refractivity contribution in [3.05, 3.63) is 23.8 Å². The minimum Gasteiger partial charge on any atom is -0.461 e. The Kier molecular flexibility index (Phi) is 5.03. The van der Waals surface area contributed by atoms with Gasteiger partial charge in [0.05, 0.1) is 6.61 Å². The van der Waals surface area contributed by atoms with Gasteiger partial charge in [-0.05, 0) is 18.8 Å². The molecule has 104 valence electrons. The second-order valence-corrected chi connectivity index (χ2v) is 5.60. The van der Waals surface area contributed by atoms with Crippen LogP contribution in [0.25, 0.3) is 0 Å². The number of hydrazone groups is 1. The van der Waals surface area contributed by atoms with Gasteiger partial charge in [0, 0.05) is 5.57 Å². The lowest BCUT2D eigenvalue weighted by Crippen LogP contribution is -2.26. The summed E-state index contributed by atoms with van der Waals surface area (Å²) in [7, 11) is 0. The van der Waals surface area contributed by atoms with Crippen LogP contribution in [0.2, 0.25) is 0 Å². The second-order valence-electron chi connectivity index (χ2n) is 5.60. The number of ether oxygens (including phenoxy) is 1. The van der Waals surface area contributed by atoms with Gasteiger partial charge < -0.3 is 4.74 Å². The van der Waals surface area contributed by atoms with Gasteiger partial charge in [-0.15, -0.1) is 0 Å². The first-order valence-electron chi connectivity index (χ1n) is 6.17. The molecule has 0 atom stereocenters. The van der Waals surface area contributed by atoms with Crippen LogP contribution >= 0.6 is 0 Å². The summed E-state index contributed by atoms with van der Waals surface area (Å²) in [6, 6.07) is 0. The van der Waals surface area contributed by atoms with Crippen molar-refractivity contribution in [3.8, 4) is 0 Å².